The zero-order chi connectivity index (χ0) is 19.7. The SMILES string of the molecule is COC(=O)c1c(NC(=O)Cn2nnc(-c3ccc(C)cc3)n2)sc2c1CCC2. The van der Waals surface area contributed by atoms with E-state index >= 15 is 0 Å². The van der Waals surface area contributed by atoms with Gasteiger partial charge < -0.3 is 10.1 Å². The van der Waals surface area contributed by atoms with Crippen LogP contribution < -0.4 is 5.32 Å². The molecular weight excluding hydrogens is 378 g/mol. The molecule has 28 heavy (non-hydrogen) atoms. The summed E-state index contributed by atoms with van der Waals surface area (Å²) < 4.78 is 4.90. The van der Waals surface area contributed by atoms with Crippen LogP contribution in [0, 0.1) is 6.92 Å². The third kappa shape index (κ3) is 3.53. The van der Waals surface area contributed by atoms with E-state index in [0.717, 1.165) is 40.8 Å². The highest BCUT2D eigenvalue weighted by atomic mass is 32.1. The standard InChI is InChI=1S/C19H19N5O3S/c1-11-6-8-12(9-7-11)17-21-23-24(22-17)10-15(25)20-18-16(19(26)27-2)13-4-3-5-14(13)28-18/h6-9H,3-5,10H2,1-2H3,(H,20,25). The van der Waals surface area contributed by atoms with Gasteiger partial charge in [0.05, 0.1) is 12.7 Å². The van der Waals surface area contributed by atoms with Crippen LogP contribution in [0.5, 0.6) is 0 Å². The van der Waals surface area contributed by atoms with Crippen LogP contribution >= 0.6 is 11.3 Å². The van der Waals surface area contributed by atoms with Crippen molar-refractivity contribution in [2.24, 2.45) is 0 Å². The van der Waals surface area contributed by atoms with Gasteiger partial charge in [0.25, 0.3) is 0 Å². The third-order valence-corrected chi connectivity index (χ3v) is 5.82. The summed E-state index contributed by atoms with van der Waals surface area (Å²) in [6.45, 7) is 1.91. The smallest absolute Gasteiger partial charge is 0.341 e. The third-order valence-electron chi connectivity index (χ3n) is 4.61. The maximum absolute atomic E-state index is 12.5. The summed E-state index contributed by atoms with van der Waals surface area (Å²) in [6, 6.07) is 7.75. The number of fused-ring (bicyclic) bond motifs is 1. The monoisotopic (exact) mass is 397 g/mol. The number of carbonyl (C=O) groups excluding carboxylic acids is 2. The zero-order valence-electron chi connectivity index (χ0n) is 15.6. The van der Waals surface area contributed by atoms with Gasteiger partial charge in [0, 0.05) is 10.4 Å². The molecule has 3 aromatic rings. The number of nitrogens with one attached hydrogen (secondary N) is 1. The highest BCUT2D eigenvalue weighted by molar-refractivity contribution is 7.17. The van der Waals surface area contributed by atoms with Crippen molar-refractivity contribution in [1.82, 2.24) is 20.2 Å². The molecule has 0 saturated carbocycles. The Morgan fingerprint density at radius 2 is 2.04 bits per heavy atom. The Balaban J connectivity index is 1.48. The van der Waals surface area contributed by atoms with Crippen molar-refractivity contribution in [3.63, 3.8) is 0 Å². The van der Waals surface area contributed by atoms with E-state index in [4.69, 9.17) is 4.74 Å². The average Bonchev–Trinajstić information content (AvgIpc) is 3.38. The summed E-state index contributed by atoms with van der Waals surface area (Å²) >= 11 is 1.44. The molecule has 1 N–H and O–H groups in total. The lowest BCUT2D eigenvalue weighted by atomic mass is 10.1. The van der Waals surface area contributed by atoms with Gasteiger partial charge in [-0.1, -0.05) is 29.8 Å². The van der Waals surface area contributed by atoms with Gasteiger partial charge in [-0.15, -0.1) is 21.5 Å². The van der Waals surface area contributed by atoms with Crippen LogP contribution in [0.1, 0.15) is 32.8 Å². The van der Waals surface area contributed by atoms with E-state index in [1.807, 2.05) is 31.2 Å². The number of esters is 1. The minimum atomic E-state index is -0.421. The number of hydrogen-bond donors (Lipinski definition) is 1. The second-order valence-corrected chi connectivity index (χ2v) is 7.72. The van der Waals surface area contributed by atoms with Crippen molar-refractivity contribution in [2.45, 2.75) is 32.7 Å². The van der Waals surface area contributed by atoms with Crippen LogP contribution in [0.15, 0.2) is 24.3 Å². The Labute approximate surface area is 165 Å². The molecule has 0 saturated heterocycles. The number of hydrogen-bond acceptors (Lipinski definition) is 7. The van der Waals surface area contributed by atoms with E-state index in [0.29, 0.717) is 16.4 Å². The number of carbonyl (C=O) groups is 2. The fourth-order valence-corrected chi connectivity index (χ4v) is 4.53. The number of methoxy groups -OCH3 is 1. The largest absolute Gasteiger partial charge is 0.465 e. The normalized spacial score (nSPS) is 12.6. The second-order valence-electron chi connectivity index (χ2n) is 6.61. The second kappa shape index (κ2) is 7.51. The van der Waals surface area contributed by atoms with Crippen LogP contribution in [0.3, 0.4) is 0 Å². The molecule has 2 aromatic heterocycles. The molecule has 0 spiro atoms. The van der Waals surface area contributed by atoms with Crippen molar-refractivity contribution in [1.29, 1.82) is 0 Å². The quantitative estimate of drug-likeness (QED) is 0.665. The number of anilines is 1. The predicted molar refractivity (Wildman–Crippen MR) is 104 cm³/mol. The molecule has 0 bridgehead atoms. The van der Waals surface area contributed by atoms with Crippen molar-refractivity contribution < 1.29 is 14.3 Å². The lowest BCUT2D eigenvalue weighted by Crippen LogP contribution is -2.21. The number of thiophene rings is 1. The predicted octanol–water partition coefficient (Wildman–Crippen LogP) is 2.62. The van der Waals surface area contributed by atoms with Gasteiger partial charge in [0.2, 0.25) is 11.7 Å². The topological polar surface area (TPSA) is 99.0 Å². The maximum atomic E-state index is 12.5. The number of amides is 1. The van der Waals surface area contributed by atoms with Crippen molar-refractivity contribution in [3.05, 3.63) is 45.8 Å². The molecule has 0 radical (unpaired) electrons. The molecule has 8 nitrogen and oxygen atoms in total. The van der Waals surface area contributed by atoms with Crippen LogP contribution in [0.25, 0.3) is 11.4 Å². The molecule has 4 rings (SSSR count). The molecule has 1 aliphatic rings. The van der Waals surface area contributed by atoms with Gasteiger partial charge in [-0.05, 0) is 37.0 Å². The van der Waals surface area contributed by atoms with Crippen molar-refractivity contribution in [2.75, 3.05) is 12.4 Å². The average molecular weight is 397 g/mol. The molecule has 0 aliphatic heterocycles. The van der Waals surface area contributed by atoms with Crippen LogP contribution in [0.4, 0.5) is 5.00 Å². The summed E-state index contributed by atoms with van der Waals surface area (Å²) in [4.78, 5) is 27.0. The van der Waals surface area contributed by atoms with Crippen LogP contribution in [-0.2, 0) is 28.9 Å². The molecule has 144 valence electrons. The highest BCUT2D eigenvalue weighted by Crippen LogP contribution is 2.39. The van der Waals surface area contributed by atoms with Crippen molar-refractivity contribution >= 4 is 28.2 Å². The first-order valence-electron chi connectivity index (χ1n) is 8.92. The highest BCUT2D eigenvalue weighted by Gasteiger charge is 2.28. The van der Waals surface area contributed by atoms with E-state index in [1.54, 1.807) is 0 Å². The number of ether oxygens (including phenoxy) is 1. The summed E-state index contributed by atoms with van der Waals surface area (Å²) in [5, 5.41) is 15.6. The fraction of sp³-hybridized carbons (Fsp3) is 0.316. The Morgan fingerprint density at radius 1 is 1.25 bits per heavy atom. The number of rotatable bonds is 5. The van der Waals surface area contributed by atoms with Gasteiger partial charge in [-0.25, -0.2) is 4.79 Å². The molecule has 0 atom stereocenters. The van der Waals surface area contributed by atoms with Gasteiger partial charge >= 0.3 is 5.97 Å². The molecule has 0 fully saturated rings. The summed E-state index contributed by atoms with van der Waals surface area (Å²) in [6.07, 6.45) is 2.77. The van der Waals surface area contributed by atoms with E-state index in [1.165, 1.54) is 23.2 Å². The van der Waals surface area contributed by atoms with E-state index in [-0.39, 0.29) is 12.5 Å². The zero-order valence-corrected chi connectivity index (χ0v) is 16.4. The summed E-state index contributed by atoms with van der Waals surface area (Å²) in [7, 11) is 1.35. The molecule has 2 heterocycles. The van der Waals surface area contributed by atoms with Gasteiger partial charge in [-0.2, -0.15) is 4.80 Å². The molecular formula is C19H19N5O3S. The number of benzene rings is 1. The van der Waals surface area contributed by atoms with Gasteiger partial charge in [0.1, 0.15) is 11.5 Å². The molecule has 1 aromatic carbocycles. The Bertz CT molecular complexity index is 1040. The lowest BCUT2D eigenvalue weighted by Gasteiger charge is -2.06. The first-order chi connectivity index (χ1) is 13.5. The van der Waals surface area contributed by atoms with Gasteiger partial charge in [-0.3, -0.25) is 4.79 Å². The first kappa shape index (κ1) is 18.3. The van der Waals surface area contributed by atoms with Crippen LogP contribution in [0.2, 0.25) is 0 Å². The van der Waals surface area contributed by atoms with Crippen molar-refractivity contribution in [3.8, 4) is 11.4 Å². The molecule has 0 unspecified atom stereocenters. The fourth-order valence-electron chi connectivity index (χ4n) is 3.23. The molecule has 1 aliphatic carbocycles. The Morgan fingerprint density at radius 3 is 2.79 bits per heavy atom. The number of aromatic nitrogens is 4. The summed E-state index contributed by atoms with van der Waals surface area (Å²) in [5.74, 6) is -0.286. The number of aryl methyl sites for hydroxylation is 2. The number of tetrazole rings is 1. The number of nitrogens with zero attached hydrogens (tertiary/aromatic N) is 4. The first-order valence-corrected chi connectivity index (χ1v) is 9.74. The lowest BCUT2D eigenvalue weighted by molar-refractivity contribution is -0.117. The van der Waals surface area contributed by atoms with Gasteiger partial charge in [0.15, 0.2) is 0 Å². The Kier molecular flexibility index (Phi) is 4.91. The summed E-state index contributed by atoms with van der Waals surface area (Å²) in [5.41, 5.74) is 3.44. The molecule has 1 amide bonds. The minimum absolute atomic E-state index is 0.0952. The maximum Gasteiger partial charge on any atom is 0.341 e. The van der Waals surface area contributed by atoms with Crippen LogP contribution in [-0.4, -0.2) is 39.2 Å². The molecule has 9 heteroatoms. The van der Waals surface area contributed by atoms with E-state index < -0.39 is 5.97 Å². The Hall–Kier alpha value is -3.07. The van der Waals surface area contributed by atoms with E-state index in [2.05, 4.69) is 20.7 Å². The van der Waals surface area contributed by atoms with E-state index in [9.17, 15) is 9.59 Å². The minimum Gasteiger partial charge on any atom is -0.465 e.